The molecule has 1 aromatic rings. The van der Waals surface area contributed by atoms with Gasteiger partial charge in [0.25, 0.3) is 5.91 Å². The van der Waals surface area contributed by atoms with E-state index in [1.807, 2.05) is 13.8 Å². The summed E-state index contributed by atoms with van der Waals surface area (Å²) < 4.78 is 14.6. The van der Waals surface area contributed by atoms with Crippen LogP contribution in [0, 0.1) is 0 Å². The van der Waals surface area contributed by atoms with Crippen molar-refractivity contribution in [3.05, 3.63) is 24.0 Å². The van der Waals surface area contributed by atoms with Crippen LogP contribution in [0.25, 0.3) is 0 Å². The summed E-state index contributed by atoms with van der Waals surface area (Å²) in [4.78, 5) is 16.9. The average Bonchev–Trinajstić information content (AvgIpc) is 2.34. The van der Waals surface area contributed by atoms with Crippen LogP contribution in [0.15, 0.2) is 18.5 Å². The molecule has 0 aromatic carbocycles. The minimum absolute atomic E-state index is 0.165. The second-order valence-electron chi connectivity index (χ2n) is 5.74. The number of aromatic nitrogens is 1. The highest BCUT2D eigenvalue weighted by atomic mass is 35.5. The van der Waals surface area contributed by atoms with Gasteiger partial charge in [0.1, 0.15) is 5.60 Å². The quantitative estimate of drug-likeness (QED) is 0.787. The Bertz CT molecular complexity index is 515. The van der Waals surface area contributed by atoms with Crippen molar-refractivity contribution in [1.29, 1.82) is 0 Å². The van der Waals surface area contributed by atoms with E-state index in [9.17, 15) is 14.3 Å². The molecule has 21 heavy (non-hydrogen) atoms. The van der Waals surface area contributed by atoms with Crippen LogP contribution >= 0.6 is 11.6 Å². The number of nitrogens with two attached hydrogens (primary N) is 1. The zero-order valence-corrected chi connectivity index (χ0v) is 13.4. The number of anilines is 1. The van der Waals surface area contributed by atoms with Crippen LogP contribution in [-0.2, 0) is 0 Å². The Hall–Kier alpha value is -1.40. The van der Waals surface area contributed by atoms with E-state index < -0.39 is 16.6 Å². The molecule has 0 saturated carbocycles. The Labute approximate surface area is 128 Å². The third-order valence-corrected chi connectivity index (χ3v) is 3.84. The number of rotatable bonds is 6. The maximum Gasteiger partial charge on any atom is 0.252 e. The van der Waals surface area contributed by atoms with E-state index in [0.717, 1.165) is 0 Å². The highest BCUT2D eigenvalue weighted by Gasteiger charge is 2.45. The zero-order valence-electron chi connectivity index (χ0n) is 12.6. The summed E-state index contributed by atoms with van der Waals surface area (Å²) in [6, 6.07) is 1.40. The van der Waals surface area contributed by atoms with Gasteiger partial charge in [-0.05, 0) is 33.8 Å². The van der Waals surface area contributed by atoms with Crippen molar-refractivity contribution in [2.24, 2.45) is 5.73 Å². The molecule has 1 rings (SSSR count). The Morgan fingerprint density at radius 2 is 2.14 bits per heavy atom. The van der Waals surface area contributed by atoms with Gasteiger partial charge < -0.3 is 15.7 Å². The van der Waals surface area contributed by atoms with Crippen molar-refractivity contribution in [3.8, 4) is 0 Å². The second-order valence-corrected chi connectivity index (χ2v) is 6.34. The number of aliphatic hydroxyl groups is 1. The van der Waals surface area contributed by atoms with Crippen LogP contribution in [-0.4, -0.2) is 39.3 Å². The zero-order chi connectivity index (χ0) is 16.4. The molecule has 7 heteroatoms. The van der Waals surface area contributed by atoms with Gasteiger partial charge >= 0.3 is 0 Å². The summed E-state index contributed by atoms with van der Waals surface area (Å²) in [6.07, 6.45) is 2.81. The van der Waals surface area contributed by atoms with E-state index in [1.54, 1.807) is 11.0 Å². The predicted octanol–water partition coefficient (Wildman–Crippen LogP) is 2.07. The molecule has 0 fully saturated rings. The molecule has 0 aliphatic carbocycles. The number of halogens is 2. The average molecular weight is 318 g/mol. The van der Waals surface area contributed by atoms with Crippen molar-refractivity contribution < 1.29 is 14.3 Å². The van der Waals surface area contributed by atoms with E-state index in [-0.39, 0.29) is 18.2 Å². The molecule has 0 bridgehead atoms. The van der Waals surface area contributed by atoms with Crippen LogP contribution < -0.4 is 10.6 Å². The molecule has 5 nitrogen and oxygen atoms in total. The second kappa shape index (κ2) is 6.15. The molecule has 0 spiro atoms. The van der Waals surface area contributed by atoms with Crippen LogP contribution in [0.4, 0.5) is 10.1 Å². The van der Waals surface area contributed by atoms with E-state index >= 15 is 0 Å². The molecule has 1 heterocycles. The predicted molar refractivity (Wildman–Crippen MR) is 81.2 cm³/mol. The molecule has 0 radical (unpaired) electrons. The molecule has 0 unspecified atom stereocenters. The molecular weight excluding hydrogens is 297 g/mol. The minimum Gasteiger partial charge on any atom is -0.386 e. The van der Waals surface area contributed by atoms with Crippen molar-refractivity contribution >= 4 is 23.2 Å². The SMILES string of the molecule is CC(C)N(C[C@@](F)(Cl)C(C)(C)O)c1ccncc1C(N)=O. The van der Waals surface area contributed by atoms with E-state index in [2.05, 4.69) is 4.98 Å². The van der Waals surface area contributed by atoms with E-state index in [1.165, 1.54) is 26.2 Å². The smallest absolute Gasteiger partial charge is 0.252 e. The summed E-state index contributed by atoms with van der Waals surface area (Å²) in [5.41, 5.74) is 4.18. The van der Waals surface area contributed by atoms with Gasteiger partial charge in [-0.2, -0.15) is 0 Å². The number of pyridine rings is 1. The topological polar surface area (TPSA) is 79.4 Å². The van der Waals surface area contributed by atoms with Crippen molar-refractivity contribution in [2.45, 2.75) is 44.5 Å². The first-order valence-electron chi connectivity index (χ1n) is 6.58. The fourth-order valence-electron chi connectivity index (χ4n) is 1.78. The Morgan fingerprint density at radius 1 is 1.57 bits per heavy atom. The molecule has 3 N–H and O–H groups in total. The fraction of sp³-hybridized carbons (Fsp3) is 0.571. The van der Waals surface area contributed by atoms with Gasteiger partial charge in [0.05, 0.1) is 17.8 Å². The summed E-state index contributed by atoms with van der Waals surface area (Å²) in [5, 5.41) is 7.47. The van der Waals surface area contributed by atoms with E-state index in [0.29, 0.717) is 5.69 Å². The van der Waals surface area contributed by atoms with Crippen molar-refractivity contribution in [1.82, 2.24) is 4.98 Å². The Morgan fingerprint density at radius 3 is 2.57 bits per heavy atom. The number of primary amides is 1. The Balaban J connectivity index is 3.24. The normalized spacial score (nSPS) is 14.9. The van der Waals surface area contributed by atoms with Gasteiger partial charge in [-0.3, -0.25) is 9.78 Å². The van der Waals surface area contributed by atoms with Crippen molar-refractivity contribution in [2.75, 3.05) is 11.4 Å². The number of amides is 1. The largest absolute Gasteiger partial charge is 0.386 e. The monoisotopic (exact) mass is 317 g/mol. The number of alkyl halides is 2. The molecule has 0 saturated heterocycles. The maximum atomic E-state index is 14.6. The number of carbonyl (C=O) groups is 1. The summed E-state index contributed by atoms with van der Waals surface area (Å²) in [5.74, 6) is -0.661. The molecule has 118 valence electrons. The van der Waals surface area contributed by atoms with Gasteiger partial charge in [-0.1, -0.05) is 11.6 Å². The molecule has 1 amide bonds. The number of nitrogens with zero attached hydrogens (tertiary/aromatic N) is 2. The van der Waals surface area contributed by atoms with Gasteiger partial charge in [0.2, 0.25) is 5.13 Å². The van der Waals surface area contributed by atoms with Gasteiger partial charge in [-0.25, -0.2) is 4.39 Å². The Kier molecular flexibility index (Phi) is 5.17. The van der Waals surface area contributed by atoms with Crippen LogP contribution in [0.5, 0.6) is 0 Å². The number of carbonyl (C=O) groups excluding carboxylic acids is 1. The number of hydrogen-bond donors (Lipinski definition) is 2. The third-order valence-electron chi connectivity index (χ3n) is 3.26. The molecule has 0 aliphatic heterocycles. The van der Waals surface area contributed by atoms with Gasteiger partial charge in [0.15, 0.2) is 0 Å². The summed E-state index contributed by atoms with van der Waals surface area (Å²) >= 11 is 5.84. The lowest BCUT2D eigenvalue weighted by Crippen LogP contribution is -2.52. The van der Waals surface area contributed by atoms with Crippen molar-refractivity contribution in [3.63, 3.8) is 0 Å². The number of hydrogen-bond acceptors (Lipinski definition) is 4. The van der Waals surface area contributed by atoms with Gasteiger partial charge in [0, 0.05) is 18.4 Å². The van der Waals surface area contributed by atoms with Gasteiger partial charge in [-0.15, -0.1) is 0 Å². The molecular formula is C14H21ClFN3O2. The highest BCUT2D eigenvalue weighted by Crippen LogP contribution is 2.34. The maximum absolute atomic E-state index is 14.6. The van der Waals surface area contributed by atoms with E-state index in [4.69, 9.17) is 17.3 Å². The highest BCUT2D eigenvalue weighted by molar-refractivity contribution is 6.24. The first-order valence-corrected chi connectivity index (χ1v) is 6.96. The molecule has 1 atom stereocenters. The first kappa shape index (κ1) is 17.7. The summed E-state index contributed by atoms with van der Waals surface area (Å²) in [6.45, 7) is 5.92. The lowest BCUT2D eigenvalue weighted by atomic mass is 10.0. The standard InChI is InChI=1S/C14H21ClFN3O2/c1-9(2)19(8-14(15,16)13(3,4)21)11-5-6-18-7-10(11)12(17)20/h5-7,9,21H,8H2,1-4H3,(H2,17,20)/t14-/m0/s1. The molecule has 1 aromatic heterocycles. The third kappa shape index (κ3) is 4.04. The lowest BCUT2D eigenvalue weighted by molar-refractivity contribution is -0.0246. The summed E-state index contributed by atoms with van der Waals surface area (Å²) in [7, 11) is 0. The molecule has 0 aliphatic rings. The fourth-order valence-corrected chi connectivity index (χ4v) is 1.91. The first-order chi connectivity index (χ1) is 9.47. The lowest BCUT2D eigenvalue weighted by Gasteiger charge is -2.38. The van der Waals surface area contributed by atoms with Crippen LogP contribution in [0.2, 0.25) is 0 Å². The minimum atomic E-state index is -2.39. The van der Waals surface area contributed by atoms with Crippen LogP contribution in [0.3, 0.4) is 0 Å². The van der Waals surface area contributed by atoms with Crippen LogP contribution in [0.1, 0.15) is 38.1 Å².